The van der Waals surface area contributed by atoms with E-state index < -0.39 is 0 Å². The maximum atomic E-state index is 12.4. The van der Waals surface area contributed by atoms with Gasteiger partial charge in [-0.1, -0.05) is 6.92 Å². The first-order valence-electron chi connectivity index (χ1n) is 6.35. The first-order chi connectivity index (χ1) is 9.11. The van der Waals surface area contributed by atoms with E-state index in [1.165, 1.54) is 6.92 Å². The molecule has 2 rings (SSSR count). The third-order valence-electron chi connectivity index (χ3n) is 2.93. The molecule has 19 heavy (non-hydrogen) atoms. The summed E-state index contributed by atoms with van der Waals surface area (Å²) in [6.07, 6.45) is 4.80. The van der Waals surface area contributed by atoms with Crippen LogP contribution >= 0.6 is 0 Å². The monoisotopic (exact) mass is 262 g/mol. The van der Waals surface area contributed by atoms with E-state index in [1.807, 2.05) is 6.92 Å². The fraction of sp³-hybridized carbons (Fsp3) is 0.462. The quantitative estimate of drug-likeness (QED) is 0.376. The van der Waals surface area contributed by atoms with E-state index in [9.17, 15) is 4.79 Å². The summed E-state index contributed by atoms with van der Waals surface area (Å²) in [5.41, 5.74) is 2.00. The number of nitrogens with one attached hydrogen (secondary N) is 2. The number of imidazole rings is 1. The number of rotatable bonds is 3. The Balaban J connectivity index is 2.11. The Hall–Kier alpha value is -2.11. The van der Waals surface area contributed by atoms with Crippen molar-refractivity contribution in [2.45, 2.75) is 33.2 Å². The smallest absolute Gasteiger partial charge is 0.289 e. The van der Waals surface area contributed by atoms with E-state index in [-0.39, 0.29) is 17.6 Å². The second-order valence-electron chi connectivity index (χ2n) is 4.44. The van der Waals surface area contributed by atoms with Crippen LogP contribution in [0.1, 0.15) is 31.7 Å². The van der Waals surface area contributed by atoms with Gasteiger partial charge in [0.25, 0.3) is 5.91 Å². The first kappa shape index (κ1) is 13.3. The van der Waals surface area contributed by atoms with Gasteiger partial charge in [0.2, 0.25) is 0 Å². The third-order valence-corrected chi connectivity index (χ3v) is 2.93. The Morgan fingerprint density at radius 1 is 1.68 bits per heavy atom. The molecular formula is C13H18N4O2. The molecule has 0 saturated carbocycles. The fourth-order valence-electron chi connectivity index (χ4n) is 2.06. The van der Waals surface area contributed by atoms with Crippen molar-refractivity contribution < 1.29 is 9.53 Å². The zero-order valence-electron chi connectivity index (χ0n) is 11.2. The minimum atomic E-state index is -0.172. The Labute approximate surface area is 112 Å². The molecule has 6 nitrogen and oxygen atoms in total. The van der Waals surface area contributed by atoms with Crippen molar-refractivity contribution in [3.8, 4) is 0 Å². The standard InChI is InChI=1S/C13H18N4O2/c1-3-4-12(19-9(2)14)13(18)17-6-5-10-11(7-17)16-8-15-10/h4,8,14H,3,5-7H2,1-2H3,(H,15,16)/b12-4+,14-9?. The summed E-state index contributed by atoms with van der Waals surface area (Å²) in [7, 11) is 0. The van der Waals surface area contributed by atoms with Crippen LogP contribution in [0.15, 0.2) is 18.2 Å². The summed E-state index contributed by atoms with van der Waals surface area (Å²) in [6, 6.07) is 0. The highest BCUT2D eigenvalue weighted by molar-refractivity contribution is 5.94. The first-order valence-corrected chi connectivity index (χ1v) is 6.35. The summed E-state index contributed by atoms with van der Waals surface area (Å²) >= 11 is 0. The minimum absolute atomic E-state index is 0.0206. The molecule has 1 aliphatic heterocycles. The molecule has 0 saturated heterocycles. The molecule has 0 spiro atoms. The molecule has 0 radical (unpaired) electrons. The van der Waals surface area contributed by atoms with Gasteiger partial charge >= 0.3 is 0 Å². The second-order valence-corrected chi connectivity index (χ2v) is 4.44. The minimum Gasteiger partial charge on any atom is -0.438 e. The van der Waals surface area contributed by atoms with E-state index in [0.717, 1.165) is 17.8 Å². The van der Waals surface area contributed by atoms with Gasteiger partial charge in [0.15, 0.2) is 11.7 Å². The molecule has 102 valence electrons. The van der Waals surface area contributed by atoms with Crippen molar-refractivity contribution in [2.75, 3.05) is 6.54 Å². The number of fused-ring (bicyclic) bond motifs is 1. The maximum Gasteiger partial charge on any atom is 0.289 e. The van der Waals surface area contributed by atoms with Gasteiger partial charge in [-0.25, -0.2) is 4.98 Å². The van der Waals surface area contributed by atoms with Gasteiger partial charge in [0.05, 0.1) is 24.3 Å². The van der Waals surface area contributed by atoms with Crippen molar-refractivity contribution >= 4 is 11.8 Å². The number of carbonyl (C=O) groups is 1. The second kappa shape index (κ2) is 5.69. The van der Waals surface area contributed by atoms with E-state index >= 15 is 0 Å². The maximum absolute atomic E-state index is 12.4. The molecule has 0 aliphatic carbocycles. The Kier molecular flexibility index (Phi) is 3.99. The summed E-state index contributed by atoms with van der Waals surface area (Å²) in [6.45, 7) is 4.58. The number of ether oxygens (including phenoxy) is 1. The molecule has 0 fully saturated rings. The van der Waals surface area contributed by atoms with Crippen LogP contribution in [-0.2, 0) is 22.5 Å². The predicted molar refractivity (Wildman–Crippen MR) is 70.6 cm³/mol. The summed E-state index contributed by atoms with van der Waals surface area (Å²) < 4.78 is 5.20. The van der Waals surface area contributed by atoms with Gasteiger partial charge in [0.1, 0.15) is 0 Å². The Bertz CT molecular complexity index is 518. The Morgan fingerprint density at radius 2 is 2.47 bits per heavy atom. The number of carbonyl (C=O) groups excluding carboxylic acids is 1. The molecule has 0 unspecified atom stereocenters. The van der Waals surface area contributed by atoms with Crippen molar-refractivity contribution in [2.24, 2.45) is 0 Å². The van der Waals surface area contributed by atoms with Crippen LogP contribution in [0.4, 0.5) is 0 Å². The molecule has 2 heterocycles. The fourth-order valence-corrected chi connectivity index (χ4v) is 2.06. The molecule has 1 aliphatic rings. The summed E-state index contributed by atoms with van der Waals surface area (Å²) in [5, 5.41) is 7.35. The predicted octanol–water partition coefficient (Wildman–Crippen LogP) is 1.60. The molecule has 6 heteroatoms. The molecule has 1 amide bonds. The van der Waals surface area contributed by atoms with Crippen molar-refractivity contribution in [3.05, 3.63) is 29.6 Å². The van der Waals surface area contributed by atoms with Crippen LogP contribution in [-0.4, -0.2) is 33.2 Å². The molecule has 1 aromatic heterocycles. The number of aromatic nitrogens is 2. The third kappa shape index (κ3) is 3.01. The summed E-state index contributed by atoms with van der Waals surface area (Å²) in [5.74, 6) is 0.0824. The molecule has 0 bridgehead atoms. The van der Waals surface area contributed by atoms with Gasteiger partial charge in [-0.15, -0.1) is 0 Å². The largest absolute Gasteiger partial charge is 0.438 e. The highest BCUT2D eigenvalue weighted by Gasteiger charge is 2.25. The number of amides is 1. The zero-order chi connectivity index (χ0) is 13.8. The molecule has 0 aromatic carbocycles. The highest BCUT2D eigenvalue weighted by Crippen LogP contribution is 2.17. The molecule has 2 N–H and O–H groups in total. The zero-order valence-corrected chi connectivity index (χ0v) is 11.2. The van der Waals surface area contributed by atoms with Gasteiger partial charge in [-0.2, -0.15) is 0 Å². The number of aromatic amines is 1. The number of nitrogens with zero attached hydrogens (tertiary/aromatic N) is 2. The van der Waals surface area contributed by atoms with Crippen molar-refractivity contribution in [1.82, 2.24) is 14.9 Å². The Morgan fingerprint density at radius 3 is 3.16 bits per heavy atom. The van der Waals surface area contributed by atoms with Crippen LogP contribution in [0.25, 0.3) is 0 Å². The molecule has 0 atom stereocenters. The molecule has 1 aromatic rings. The van der Waals surface area contributed by atoms with E-state index in [1.54, 1.807) is 17.3 Å². The lowest BCUT2D eigenvalue weighted by Crippen LogP contribution is -2.37. The van der Waals surface area contributed by atoms with Gasteiger partial charge in [-0.3, -0.25) is 10.2 Å². The highest BCUT2D eigenvalue weighted by atomic mass is 16.5. The molecular weight excluding hydrogens is 244 g/mol. The van der Waals surface area contributed by atoms with Crippen LogP contribution in [0.2, 0.25) is 0 Å². The van der Waals surface area contributed by atoms with Gasteiger partial charge in [0, 0.05) is 19.9 Å². The number of hydrogen-bond acceptors (Lipinski definition) is 4. The lowest BCUT2D eigenvalue weighted by Gasteiger charge is -2.26. The average Bonchev–Trinajstić information content (AvgIpc) is 2.84. The van der Waals surface area contributed by atoms with Crippen molar-refractivity contribution in [3.63, 3.8) is 0 Å². The SMILES string of the molecule is CC/C=C(/OC(C)=N)C(=O)N1CCc2nc[nH]c2C1. The number of hydrogen-bond donors (Lipinski definition) is 2. The van der Waals surface area contributed by atoms with Gasteiger partial charge < -0.3 is 14.6 Å². The number of allylic oxidation sites excluding steroid dienone is 1. The number of H-pyrrole nitrogens is 1. The average molecular weight is 262 g/mol. The van der Waals surface area contributed by atoms with Crippen LogP contribution in [0.5, 0.6) is 0 Å². The van der Waals surface area contributed by atoms with E-state index in [4.69, 9.17) is 10.1 Å². The van der Waals surface area contributed by atoms with Crippen molar-refractivity contribution in [1.29, 1.82) is 5.41 Å². The van der Waals surface area contributed by atoms with Gasteiger partial charge in [-0.05, 0) is 12.5 Å². The van der Waals surface area contributed by atoms with Crippen LogP contribution < -0.4 is 0 Å². The van der Waals surface area contributed by atoms with Crippen LogP contribution in [0, 0.1) is 5.41 Å². The lowest BCUT2D eigenvalue weighted by atomic mass is 10.1. The van der Waals surface area contributed by atoms with E-state index in [2.05, 4.69) is 9.97 Å². The normalized spacial score (nSPS) is 15.1. The summed E-state index contributed by atoms with van der Waals surface area (Å²) in [4.78, 5) is 21.3. The topological polar surface area (TPSA) is 82.1 Å². The van der Waals surface area contributed by atoms with E-state index in [0.29, 0.717) is 19.5 Å². The van der Waals surface area contributed by atoms with Crippen LogP contribution in [0.3, 0.4) is 0 Å². The lowest BCUT2D eigenvalue weighted by molar-refractivity contribution is -0.130.